The molecule has 0 N–H and O–H groups in total. The first-order valence-corrected chi connectivity index (χ1v) is 13.3. The summed E-state index contributed by atoms with van der Waals surface area (Å²) in [6.45, 7) is 9.13. The summed E-state index contributed by atoms with van der Waals surface area (Å²) in [7, 11) is 0.111. The van der Waals surface area contributed by atoms with E-state index in [1.165, 1.54) is 36.1 Å². The molecule has 0 spiro atoms. The molecular formula is C22H31NO2Si. The molecule has 4 rings (SSSR count). The molecular weight excluding hydrogens is 338 g/mol. The van der Waals surface area contributed by atoms with Crippen LogP contribution in [0.15, 0.2) is 35.0 Å². The molecule has 1 aromatic rings. The topological polar surface area (TPSA) is 30.8 Å². The molecule has 3 aliphatic carbocycles. The number of hydrogen-bond acceptors (Lipinski definition) is 3. The fourth-order valence-corrected chi connectivity index (χ4v) is 6.25. The molecule has 0 unspecified atom stereocenters. The normalized spacial score (nSPS) is 31.7. The number of hydrogen-bond donors (Lipinski definition) is 0. The van der Waals surface area contributed by atoms with Crippen molar-refractivity contribution in [1.29, 1.82) is 0 Å². The lowest BCUT2D eigenvalue weighted by Gasteiger charge is -2.44. The Bertz CT molecular complexity index is 777. The zero-order valence-corrected chi connectivity index (χ0v) is 17.8. The van der Waals surface area contributed by atoms with Crippen LogP contribution in [0.25, 0.3) is 0 Å². The average Bonchev–Trinajstić information content (AvgIpc) is 2.90. The molecule has 0 aromatic heterocycles. The molecule has 0 heterocycles. The summed E-state index contributed by atoms with van der Waals surface area (Å²) < 4.78 is 6.22. The van der Waals surface area contributed by atoms with Gasteiger partial charge in [0.25, 0.3) is 0 Å². The number of allylic oxidation sites excluding steroid dienone is 2. The minimum Gasteiger partial charge on any atom is -0.544 e. The van der Waals surface area contributed by atoms with E-state index in [2.05, 4.69) is 56.0 Å². The number of fused-ring (bicyclic) bond motifs is 5. The third-order valence-corrected chi connectivity index (χ3v) is 7.38. The number of nitrogens with zero attached hydrogens (tertiary/aromatic N) is 1. The zero-order chi connectivity index (χ0) is 18.5. The molecule has 0 radical (unpaired) electrons. The number of oxime groups is 1. The first kappa shape index (κ1) is 17.8. The van der Waals surface area contributed by atoms with E-state index >= 15 is 0 Å². The summed E-state index contributed by atoms with van der Waals surface area (Å²) in [6, 6.07) is 6.83. The minimum absolute atomic E-state index is 0.191. The van der Waals surface area contributed by atoms with Gasteiger partial charge in [-0.25, -0.2) is 0 Å². The molecule has 1 aromatic carbocycles. The molecule has 4 heteroatoms. The molecule has 0 bridgehead atoms. The van der Waals surface area contributed by atoms with Crippen molar-refractivity contribution in [2.45, 2.75) is 64.6 Å². The molecule has 0 saturated heterocycles. The molecule has 0 aliphatic heterocycles. The van der Waals surface area contributed by atoms with E-state index < -0.39 is 8.32 Å². The van der Waals surface area contributed by atoms with Crippen LogP contribution in [0.1, 0.15) is 49.7 Å². The highest BCUT2D eigenvalue weighted by Crippen LogP contribution is 2.58. The second-order valence-electron chi connectivity index (χ2n) is 9.30. The van der Waals surface area contributed by atoms with Gasteiger partial charge in [-0.1, -0.05) is 29.8 Å². The van der Waals surface area contributed by atoms with Crippen molar-refractivity contribution in [1.82, 2.24) is 0 Å². The zero-order valence-electron chi connectivity index (χ0n) is 16.8. The first-order valence-electron chi connectivity index (χ1n) is 9.94. The quantitative estimate of drug-likeness (QED) is 0.390. The van der Waals surface area contributed by atoms with Gasteiger partial charge in [-0.15, -0.1) is 0 Å². The summed E-state index contributed by atoms with van der Waals surface area (Å²) in [5.41, 5.74) is 6.11. The fourth-order valence-electron chi connectivity index (χ4n) is 5.42. The molecule has 26 heavy (non-hydrogen) atoms. The Balaban J connectivity index is 1.63. The van der Waals surface area contributed by atoms with Crippen molar-refractivity contribution in [2.24, 2.45) is 16.5 Å². The Morgan fingerprint density at radius 3 is 2.73 bits per heavy atom. The average molecular weight is 370 g/mol. The molecule has 0 amide bonds. The molecule has 2 fully saturated rings. The van der Waals surface area contributed by atoms with Gasteiger partial charge in [0.1, 0.15) is 12.9 Å². The van der Waals surface area contributed by atoms with Gasteiger partial charge in [-0.2, -0.15) is 0 Å². The Morgan fingerprint density at radius 1 is 1.19 bits per heavy atom. The van der Waals surface area contributed by atoms with Gasteiger partial charge in [0.15, 0.2) is 0 Å². The highest BCUT2D eigenvalue weighted by Gasteiger charge is 2.51. The summed E-state index contributed by atoms with van der Waals surface area (Å²) >= 11 is 0. The predicted molar refractivity (Wildman–Crippen MR) is 109 cm³/mol. The monoisotopic (exact) mass is 369 g/mol. The highest BCUT2D eigenvalue weighted by molar-refractivity contribution is 6.70. The SMILES string of the molecule is CO/N=C1\CC[C@H]2C3=CCc4cc(O[Si](C)(C)C)ccc4[C@H]3CC[C@]12C. The summed E-state index contributed by atoms with van der Waals surface area (Å²) in [6.07, 6.45) is 8.26. The van der Waals surface area contributed by atoms with Crippen molar-refractivity contribution in [3.05, 3.63) is 41.0 Å². The number of rotatable bonds is 3. The van der Waals surface area contributed by atoms with Crippen LogP contribution in [-0.4, -0.2) is 21.1 Å². The largest absolute Gasteiger partial charge is 0.544 e. The maximum absolute atomic E-state index is 6.22. The van der Waals surface area contributed by atoms with Crippen LogP contribution in [0.3, 0.4) is 0 Å². The highest BCUT2D eigenvalue weighted by atomic mass is 28.4. The van der Waals surface area contributed by atoms with Gasteiger partial charge < -0.3 is 9.26 Å². The van der Waals surface area contributed by atoms with E-state index in [0.29, 0.717) is 11.8 Å². The van der Waals surface area contributed by atoms with E-state index in [0.717, 1.165) is 18.6 Å². The molecule has 2 saturated carbocycles. The van der Waals surface area contributed by atoms with Gasteiger partial charge in [0, 0.05) is 11.3 Å². The van der Waals surface area contributed by atoms with Gasteiger partial charge in [0.2, 0.25) is 8.32 Å². The van der Waals surface area contributed by atoms with Crippen molar-refractivity contribution < 1.29 is 9.26 Å². The van der Waals surface area contributed by atoms with Crippen LogP contribution in [0.5, 0.6) is 5.75 Å². The molecule has 3 aliphatic rings. The van der Waals surface area contributed by atoms with E-state index in [-0.39, 0.29) is 5.41 Å². The lowest BCUT2D eigenvalue weighted by atomic mass is 9.60. The molecule has 3 nitrogen and oxygen atoms in total. The van der Waals surface area contributed by atoms with Crippen LogP contribution >= 0.6 is 0 Å². The van der Waals surface area contributed by atoms with E-state index in [1.807, 2.05) is 0 Å². The molecule has 140 valence electrons. The third-order valence-electron chi connectivity index (χ3n) is 6.53. The predicted octanol–water partition coefficient (Wildman–Crippen LogP) is 5.68. The van der Waals surface area contributed by atoms with Crippen LogP contribution in [-0.2, 0) is 11.3 Å². The van der Waals surface area contributed by atoms with Crippen LogP contribution in [0.2, 0.25) is 19.6 Å². The van der Waals surface area contributed by atoms with E-state index in [9.17, 15) is 0 Å². The maximum Gasteiger partial charge on any atom is 0.242 e. The minimum atomic E-state index is -1.56. The van der Waals surface area contributed by atoms with Crippen LogP contribution in [0, 0.1) is 11.3 Å². The van der Waals surface area contributed by atoms with Crippen molar-refractivity contribution in [2.75, 3.05) is 7.11 Å². The third kappa shape index (κ3) is 2.92. The van der Waals surface area contributed by atoms with Gasteiger partial charge >= 0.3 is 0 Å². The van der Waals surface area contributed by atoms with Crippen molar-refractivity contribution in [3.63, 3.8) is 0 Å². The Hall–Kier alpha value is -1.55. The van der Waals surface area contributed by atoms with Gasteiger partial charge in [0.05, 0.1) is 5.71 Å². The van der Waals surface area contributed by atoms with Gasteiger partial charge in [-0.05, 0) is 80.9 Å². The van der Waals surface area contributed by atoms with Crippen LogP contribution < -0.4 is 4.43 Å². The summed E-state index contributed by atoms with van der Waals surface area (Å²) in [5, 5.41) is 4.38. The standard InChI is InChI=1S/C22H31NO2Si/c1-22-13-12-18-17-9-7-16(25-26(3,4)5)14-15(17)6-8-19(18)20(22)10-11-21(22)23-24-2/h7-9,14,18,20H,6,10-13H2,1-5H3/b23-21+/t18-,20+,22+/m1/s1. The fraction of sp³-hybridized carbons (Fsp3) is 0.591. The maximum atomic E-state index is 6.22. The summed E-state index contributed by atoms with van der Waals surface area (Å²) in [4.78, 5) is 5.14. The first-order chi connectivity index (χ1) is 12.3. The lowest BCUT2D eigenvalue weighted by molar-refractivity contribution is 0.198. The molecule has 3 atom stereocenters. The van der Waals surface area contributed by atoms with Crippen LogP contribution in [0.4, 0.5) is 0 Å². The Morgan fingerprint density at radius 2 is 2.00 bits per heavy atom. The number of benzene rings is 1. The summed E-state index contributed by atoms with van der Waals surface area (Å²) in [5.74, 6) is 2.26. The smallest absolute Gasteiger partial charge is 0.242 e. The Labute approximate surface area is 158 Å². The van der Waals surface area contributed by atoms with Crippen molar-refractivity contribution >= 4 is 14.0 Å². The Kier molecular flexibility index (Phi) is 4.29. The second kappa shape index (κ2) is 6.26. The van der Waals surface area contributed by atoms with E-state index in [4.69, 9.17) is 9.26 Å². The van der Waals surface area contributed by atoms with Gasteiger partial charge in [-0.3, -0.25) is 0 Å². The lowest BCUT2D eigenvalue weighted by Crippen LogP contribution is -2.37. The van der Waals surface area contributed by atoms with Crippen molar-refractivity contribution in [3.8, 4) is 5.75 Å². The van der Waals surface area contributed by atoms with E-state index in [1.54, 1.807) is 12.7 Å². The second-order valence-corrected chi connectivity index (χ2v) is 13.7.